The Bertz CT molecular complexity index is 460. The van der Waals surface area contributed by atoms with Gasteiger partial charge in [-0.3, -0.25) is 9.48 Å². The van der Waals surface area contributed by atoms with E-state index < -0.39 is 0 Å². The highest BCUT2D eigenvalue weighted by Gasteiger charge is 2.04. The minimum Gasteiger partial charge on any atom is -0.396 e. The van der Waals surface area contributed by atoms with E-state index in [1.54, 1.807) is 18.6 Å². The van der Waals surface area contributed by atoms with E-state index in [2.05, 4.69) is 20.4 Å². The lowest BCUT2D eigenvalue weighted by Gasteiger charge is -2.03. The van der Waals surface area contributed by atoms with Crippen molar-refractivity contribution in [1.82, 2.24) is 25.1 Å². The Kier molecular flexibility index (Phi) is 2.86. The SMILES string of the molecule is Nc1cnn(CC(=O)NCc2ncc[nH]2)c1. The van der Waals surface area contributed by atoms with Crippen LogP contribution in [-0.4, -0.2) is 25.7 Å². The van der Waals surface area contributed by atoms with Crippen molar-refractivity contribution in [1.29, 1.82) is 0 Å². The molecule has 0 radical (unpaired) electrons. The molecule has 2 heterocycles. The zero-order valence-electron chi connectivity index (χ0n) is 8.55. The van der Waals surface area contributed by atoms with Gasteiger partial charge < -0.3 is 16.0 Å². The van der Waals surface area contributed by atoms with Crippen molar-refractivity contribution in [3.8, 4) is 0 Å². The van der Waals surface area contributed by atoms with Crippen molar-refractivity contribution in [3.63, 3.8) is 0 Å². The van der Waals surface area contributed by atoms with E-state index >= 15 is 0 Å². The Morgan fingerprint density at radius 3 is 3.12 bits per heavy atom. The van der Waals surface area contributed by atoms with Crippen LogP contribution in [-0.2, 0) is 17.9 Å². The first kappa shape index (κ1) is 10.2. The standard InChI is InChI=1S/C9H12N6O/c10-7-3-14-15(5-7)6-9(16)13-4-8-11-1-2-12-8/h1-3,5H,4,6,10H2,(H,11,12)(H,13,16). The molecule has 0 aliphatic carbocycles. The molecule has 0 spiro atoms. The number of nitrogen functional groups attached to an aromatic ring is 1. The summed E-state index contributed by atoms with van der Waals surface area (Å²) in [6.07, 6.45) is 6.44. The molecule has 84 valence electrons. The number of nitrogens with one attached hydrogen (secondary N) is 2. The molecule has 7 nitrogen and oxygen atoms in total. The van der Waals surface area contributed by atoms with Gasteiger partial charge in [0, 0.05) is 18.6 Å². The molecule has 0 aliphatic rings. The van der Waals surface area contributed by atoms with Crippen LogP contribution < -0.4 is 11.1 Å². The summed E-state index contributed by atoms with van der Waals surface area (Å²) in [4.78, 5) is 18.3. The van der Waals surface area contributed by atoms with Crippen LogP contribution in [0, 0.1) is 0 Å². The number of aromatic amines is 1. The van der Waals surface area contributed by atoms with E-state index in [1.807, 2.05) is 0 Å². The third-order valence-corrected chi connectivity index (χ3v) is 1.97. The number of anilines is 1. The molecule has 2 aromatic rings. The molecule has 0 bridgehead atoms. The summed E-state index contributed by atoms with van der Waals surface area (Å²) in [6, 6.07) is 0. The minimum atomic E-state index is -0.139. The monoisotopic (exact) mass is 220 g/mol. The molecule has 0 aromatic carbocycles. The predicted octanol–water partition coefficient (Wildman–Crippen LogP) is -0.495. The molecule has 0 unspecified atom stereocenters. The fourth-order valence-corrected chi connectivity index (χ4v) is 1.25. The first-order chi connectivity index (χ1) is 7.74. The predicted molar refractivity (Wildman–Crippen MR) is 57.1 cm³/mol. The second-order valence-corrected chi connectivity index (χ2v) is 3.28. The maximum atomic E-state index is 11.5. The van der Waals surface area contributed by atoms with Crippen molar-refractivity contribution in [3.05, 3.63) is 30.6 Å². The number of carbonyl (C=O) groups is 1. The lowest BCUT2D eigenvalue weighted by atomic mass is 10.5. The quantitative estimate of drug-likeness (QED) is 0.646. The van der Waals surface area contributed by atoms with Gasteiger partial charge in [-0.15, -0.1) is 0 Å². The summed E-state index contributed by atoms with van der Waals surface area (Å²) < 4.78 is 1.48. The number of imidazole rings is 1. The van der Waals surface area contributed by atoms with Gasteiger partial charge in [0.25, 0.3) is 0 Å². The lowest BCUT2D eigenvalue weighted by molar-refractivity contribution is -0.122. The zero-order chi connectivity index (χ0) is 11.4. The van der Waals surface area contributed by atoms with Gasteiger partial charge in [0.1, 0.15) is 12.4 Å². The van der Waals surface area contributed by atoms with Crippen LogP contribution in [0.3, 0.4) is 0 Å². The Balaban J connectivity index is 1.81. The first-order valence-electron chi connectivity index (χ1n) is 4.77. The van der Waals surface area contributed by atoms with Crippen LogP contribution in [0.25, 0.3) is 0 Å². The van der Waals surface area contributed by atoms with Gasteiger partial charge in [-0.2, -0.15) is 5.10 Å². The number of amides is 1. The third-order valence-electron chi connectivity index (χ3n) is 1.97. The topological polar surface area (TPSA) is 102 Å². The molecular formula is C9H12N6O. The Morgan fingerprint density at radius 2 is 2.50 bits per heavy atom. The number of nitrogens with zero attached hydrogens (tertiary/aromatic N) is 3. The zero-order valence-corrected chi connectivity index (χ0v) is 8.55. The van der Waals surface area contributed by atoms with E-state index in [1.165, 1.54) is 10.9 Å². The molecule has 0 saturated heterocycles. The van der Waals surface area contributed by atoms with Crippen molar-refractivity contribution >= 4 is 11.6 Å². The van der Waals surface area contributed by atoms with E-state index in [0.29, 0.717) is 18.1 Å². The summed E-state index contributed by atoms with van der Waals surface area (Å²) in [7, 11) is 0. The maximum Gasteiger partial charge on any atom is 0.242 e. The van der Waals surface area contributed by atoms with Crippen LogP contribution in [0.4, 0.5) is 5.69 Å². The number of nitrogens with two attached hydrogens (primary N) is 1. The van der Waals surface area contributed by atoms with Crippen molar-refractivity contribution in [2.24, 2.45) is 0 Å². The highest BCUT2D eigenvalue weighted by atomic mass is 16.2. The molecule has 4 N–H and O–H groups in total. The Hall–Kier alpha value is -2.31. The summed E-state index contributed by atoms with van der Waals surface area (Å²) in [5.41, 5.74) is 6.02. The van der Waals surface area contributed by atoms with Gasteiger partial charge >= 0.3 is 0 Å². The number of hydrogen-bond donors (Lipinski definition) is 3. The van der Waals surface area contributed by atoms with E-state index in [0.717, 1.165) is 0 Å². The van der Waals surface area contributed by atoms with Gasteiger partial charge in [-0.25, -0.2) is 4.98 Å². The third kappa shape index (κ3) is 2.59. The van der Waals surface area contributed by atoms with E-state index in [9.17, 15) is 4.79 Å². The number of aromatic nitrogens is 4. The molecule has 0 aliphatic heterocycles. The average molecular weight is 220 g/mol. The first-order valence-corrected chi connectivity index (χ1v) is 4.77. The summed E-state index contributed by atoms with van der Waals surface area (Å²) in [6.45, 7) is 0.528. The van der Waals surface area contributed by atoms with Crippen LogP contribution in [0.1, 0.15) is 5.82 Å². The van der Waals surface area contributed by atoms with Crippen LogP contribution >= 0.6 is 0 Å². The number of rotatable bonds is 4. The lowest BCUT2D eigenvalue weighted by Crippen LogP contribution is -2.27. The molecule has 0 atom stereocenters. The molecule has 1 amide bonds. The number of hydrogen-bond acceptors (Lipinski definition) is 4. The average Bonchev–Trinajstić information content (AvgIpc) is 2.87. The maximum absolute atomic E-state index is 11.5. The number of H-pyrrole nitrogens is 1. The number of carbonyl (C=O) groups excluding carboxylic acids is 1. The molecule has 0 saturated carbocycles. The van der Waals surface area contributed by atoms with Gasteiger partial charge in [0.15, 0.2) is 0 Å². The summed E-state index contributed by atoms with van der Waals surface area (Å²) in [5.74, 6) is 0.577. The van der Waals surface area contributed by atoms with Crippen LogP contribution in [0.5, 0.6) is 0 Å². The van der Waals surface area contributed by atoms with Crippen molar-refractivity contribution in [2.45, 2.75) is 13.1 Å². The molecule has 2 aromatic heterocycles. The van der Waals surface area contributed by atoms with Gasteiger partial charge in [0.2, 0.25) is 5.91 Å². The molecule has 16 heavy (non-hydrogen) atoms. The molecule has 7 heteroatoms. The second-order valence-electron chi connectivity index (χ2n) is 3.28. The van der Waals surface area contributed by atoms with E-state index in [-0.39, 0.29) is 12.5 Å². The molecular weight excluding hydrogens is 208 g/mol. The van der Waals surface area contributed by atoms with Crippen molar-refractivity contribution in [2.75, 3.05) is 5.73 Å². The smallest absolute Gasteiger partial charge is 0.242 e. The van der Waals surface area contributed by atoms with Gasteiger partial charge in [-0.1, -0.05) is 0 Å². The van der Waals surface area contributed by atoms with E-state index in [4.69, 9.17) is 5.73 Å². The summed E-state index contributed by atoms with van der Waals surface area (Å²) >= 11 is 0. The minimum absolute atomic E-state index is 0.139. The largest absolute Gasteiger partial charge is 0.396 e. The van der Waals surface area contributed by atoms with Crippen LogP contribution in [0.2, 0.25) is 0 Å². The van der Waals surface area contributed by atoms with Gasteiger partial charge in [0.05, 0.1) is 18.4 Å². The fourth-order valence-electron chi connectivity index (χ4n) is 1.25. The second kappa shape index (κ2) is 4.47. The Labute approximate surface area is 91.7 Å². The normalized spacial score (nSPS) is 10.2. The van der Waals surface area contributed by atoms with Crippen LogP contribution in [0.15, 0.2) is 24.8 Å². The molecule has 0 fully saturated rings. The fraction of sp³-hybridized carbons (Fsp3) is 0.222. The Morgan fingerprint density at radius 1 is 1.62 bits per heavy atom. The summed E-state index contributed by atoms with van der Waals surface area (Å²) in [5, 5.41) is 6.62. The molecule has 2 rings (SSSR count). The van der Waals surface area contributed by atoms with Gasteiger partial charge in [-0.05, 0) is 0 Å². The van der Waals surface area contributed by atoms with Crippen molar-refractivity contribution < 1.29 is 4.79 Å². The highest BCUT2D eigenvalue weighted by molar-refractivity contribution is 5.75. The highest BCUT2D eigenvalue weighted by Crippen LogP contribution is 1.97.